The Morgan fingerprint density at radius 3 is 2.70 bits per heavy atom. The second kappa shape index (κ2) is 8.53. The third-order valence-electron chi connectivity index (χ3n) is 5.37. The van der Waals surface area contributed by atoms with Gasteiger partial charge in [-0.15, -0.1) is 10.2 Å². The average Bonchev–Trinajstić information content (AvgIpc) is 3.24. The van der Waals surface area contributed by atoms with Crippen molar-refractivity contribution in [2.24, 2.45) is 0 Å². The second-order valence-corrected chi connectivity index (χ2v) is 8.70. The Bertz CT molecular complexity index is 1370. The number of fused-ring (bicyclic) bond motifs is 3. The fourth-order valence-electron chi connectivity index (χ4n) is 3.81. The number of hydrogen-bond donors (Lipinski definition) is 0. The number of ether oxygens (including phenoxy) is 1. The van der Waals surface area contributed by atoms with Crippen LogP contribution in [0.1, 0.15) is 24.5 Å². The number of anilines is 1. The SMILES string of the molecule is CSc1nnc2c(n1)O[C@@H](c1ccc(-c3cc(Cl)ccc3C)o1)N(C(C)=O)c1ccccc1-2. The predicted octanol–water partition coefficient (Wildman–Crippen LogP) is 5.93. The maximum absolute atomic E-state index is 12.9. The number of hydrogen-bond acceptors (Lipinski definition) is 7. The number of nitrogens with zero attached hydrogens (tertiary/aromatic N) is 4. The lowest BCUT2D eigenvalue weighted by Gasteiger charge is -2.28. The zero-order chi connectivity index (χ0) is 23.1. The van der Waals surface area contributed by atoms with Crippen molar-refractivity contribution >= 4 is 35.0 Å². The molecule has 7 nitrogen and oxygen atoms in total. The van der Waals surface area contributed by atoms with Crippen molar-refractivity contribution in [2.45, 2.75) is 25.2 Å². The van der Waals surface area contributed by atoms with Crippen LogP contribution in [0.2, 0.25) is 5.02 Å². The van der Waals surface area contributed by atoms with E-state index in [1.54, 1.807) is 11.0 Å². The Morgan fingerprint density at radius 2 is 1.91 bits per heavy atom. The molecular formula is C24H19ClN4O3S. The van der Waals surface area contributed by atoms with Crippen LogP contribution < -0.4 is 9.64 Å². The fourth-order valence-corrected chi connectivity index (χ4v) is 4.28. The summed E-state index contributed by atoms with van der Waals surface area (Å²) in [6.45, 7) is 3.47. The molecule has 166 valence electrons. The van der Waals surface area contributed by atoms with Gasteiger partial charge in [-0.25, -0.2) is 0 Å². The summed E-state index contributed by atoms with van der Waals surface area (Å²) in [4.78, 5) is 18.9. The number of carbonyl (C=O) groups excluding carboxylic acids is 1. The normalized spacial score (nSPS) is 14.8. The Morgan fingerprint density at radius 1 is 1.09 bits per heavy atom. The Kier molecular flexibility index (Phi) is 5.55. The van der Waals surface area contributed by atoms with Gasteiger partial charge in [0.25, 0.3) is 0 Å². The summed E-state index contributed by atoms with van der Waals surface area (Å²) >= 11 is 7.56. The molecule has 0 fully saturated rings. The first-order valence-corrected chi connectivity index (χ1v) is 11.8. The van der Waals surface area contributed by atoms with Gasteiger partial charge in [-0.05, 0) is 49.1 Å². The molecule has 0 saturated carbocycles. The minimum Gasteiger partial charge on any atom is -0.455 e. The number of rotatable bonds is 3. The first kappa shape index (κ1) is 21.5. The quantitative estimate of drug-likeness (QED) is 0.338. The summed E-state index contributed by atoms with van der Waals surface area (Å²) < 4.78 is 12.5. The lowest BCUT2D eigenvalue weighted by Crippen LogP contribution is -2.35. The molecule has 0 bridgehead atoms. The first-order valence-electron chi connectivity index (χ1n) is 10.2. The maximum atomic E-state index is 12.9. The molecule has 2 aromatic carbocycles. The van der Waals surface area contributed by atoms with Crippen molar-refractivity contribution in [3.8, 4) is 28.5 Å². The molecule has 1 aliphatic rings. The molecule has 1 aliphatic heterocycles. The average molecular weight is 479 g/mol. The number of furan rings is 1. The highest BCUT2D eigenvalue weighted by atomic mass is 35.5. The molecule has 0 unspecified atom stereocenters. The van der Waals surface area contributed by atoms with Gasteiger partial charge in [-0.3, -0.25) is 9.69 Å². The van der Waals surface area contributed by atoms with Crippen LogP contribution in [0.25, 0.3) is 22.6 Å². The monoisotopic (exact) mass is 478 g/mol. The lowest BCUT2D eigenvalue weighted by molar-refractivity contribution is -0.118. The van der Waals surface area contributed by atoms with Crippen LogP contribution in [0, 0.1) is 6.92 Å². The summed E-state index contributed by atoms with van der Waals surface area (Å²) in [6.07, 6.45) is 0.976. The molecule has 0 aliphatic carbocycles. The van der Waals surface area contributed by atoms with Crippen LogP contribution in [0.5, 0.6) is 5.88 Å². The van der Waals surface area contributed by atoms with E-state index in [0.717, 1.165) is 11.1 Å². The van der Waals surface area contributed by atoms with Gasteiger partial charge in [0.05, 0.1) is 5.69 Å². The van der Waals surface area contributed by atoms with E-state index in [1.165, 1.54) is 18.7 Å². The topological polar surface area (TPSA) is 81.3 Å². The van der Waals surface area contributed by atoms with E-state index >= 15 is 0 Å². The highest BCUT2D eigenvalue weighted by Gasteiger charge is 2.36. The predicted molar refractivity (Wildman–Crippen MR) is 127 cm³/mol. The second-order valence-electron chi connectivity index (χ2n) is 7.49. The van der Waals surface area contributed by atoms with E-state index in [1.807, 2.05) is 61.7 Å². The Labute approximate surface area is 199 Å². The van der Waals surface area contributed by atoms with Crippen molar-refractivity contribution in [2.75, 3.05) is 11.2 Å². The minimum atomic E-state index is -0.885. The summed E-state index contributed by atoms with van der Waals surface area (Å²) in [5.41, 5.74) is 3.69. The van der Waals surface area contributed by atoms with E-state index in [9.17, 15) is 4.79 Å². The number of carbonyl (C=O) groups is 1. The van der Waals surface area contributed by atoms with Gasteiger partial charge in [0, 0.05) is 23.1 Å². The van der Waals surface area contributed by atoms with Gasteiger partial charge in [0.2, 0.25) is 23.2 Å². The first-order chi connectivity index (χ1) is 16.0. The smallest absolute Gasteiger partial charge is 0.247 e. The summed E-state index contributed by atoms with van der Waals surface area (Å²) in [5.74, 6) is 1.15. The van der Waals surface area contributed by atoms with Gasteiger partial charge in [-0.2, -0.15) is 4.98 Å². The number of aryl methyl sites for hydroxylation is 1. The molecule has 1 atom stereocenters. The van der Waals surface area contributed by atoms with Gasteiger partial charge in [-0.1, -0.05) is 47.6 Å². The van der Waals surface area contributed by atoms with Crippen LogP contribution in [0.15, 0.2) is 64.2 Å². The molecule has 9 heteroatoms. The van der Waals surface area contributed by atoms with Gasteiger partial charge < -0.3 is 9.15 Å². The van der Waals surface area contributed by atoms with E-state index in [4.69, 9.17) is 20.8 Å². The zero-order valence-corrected chi connectivity index (χ0v) is 19.6. The molecule has 2 aromatic heterocycles. The van der Waals surface area contributed by atoms with Crippen molar-refractivity contribution in [3.63, 3.8) is 0 Å². The molecule has 0 radical (unpaired) electrons. The number of thioether (sulfide) groups is 1. The third-order valence-corrected chi connectivity index (χ3v) is 6.14. The Hall–Kier alpha value is -3.36. The molecule has 3 heterocycles. The van der Waals surface area contributed by atoms with Crippen molar-refractivity contribution in [1.82, 2.24) is 15.2 Å². The van der Waals surface area contributed by atoms with Crippen molar-refractivity contribution in [3.05, 3.63) is 70.9 Å². The largest absolute Gasteiger partial charge is 0.455 e. The lowest BCUT2D eigenvalue weighted by atomic mass is 10.1. The highest BCUT2D eigenvalue weighted by Crippen LogP contribution is 2.44. The molecule has 4 aromatic rings. The summed E-state index contributed by atoms with van der Waals surface area (Å²) in [6, 6.07) is 16.7. The van der Waals surface area contributed by atoms with E-state index in [2.05, 4.69) is 15.2 Å². The van der Waals surface area contributed by atoms with Gasteiger partial charge in [0.15, 0.2) is 11.5 Å². The molecule has 5 rings (SSSR count). The van der Waals surface area contributed by atoms with Crippen molar-refractivity contribution in [1.29, 1.82) is 0 Å². The van der Waals surface area contributed by atoms with Crippen LogP contribution in [-0.4, -0.2) is 27.3 Å². The van der Waals surface area contributed by atoms with Crippen LogP contribution >= 0.6 is 23.4 Å². The summed E-state index contributed by atoms with van der Waals surface area (Å²) in [7, 11) is 0. The number of amides is 1. The van der Waals surface area contributed by atoms with E-state index in [-0.39, 0.29) is 11.8 Å². The number of halogens is 1. The van der Waals surface area contributed by atoms with Gasteiger partial charge >= 0.3 is 0 Å². The summed E-state index contributed by atoms with van der Waals surface area (Å²) in [5, 5.41) is 9.59. The third kappa shape index (κ3) is 3.85. The molecule has 0 spiro atoms. The van der Waals surface area contributed by atoms with E-state index < -0.39 is 6.23 Å². The minimum absolute atomic E-state index is 0.213. The molecule has 1 amide bonds. The Balaban J connectivity index is 1.67. The zero-order valence-electron chi connectivity index (χ0n) is 18.1. The molecule has 0 saturated heterocycles. The molecular weight excluding hydrogens is 460 g/mol. The van der Waals surface area contributed by atoms with Crippen LogP contribution in [0.3, 0.4) is 0 Å². The number of aromatic nitrogens is 3. The number of benzene rings is 2. The van der Waals surface area contributed by atoms with Gasteiger partial charge in [0.1, 0.15) is 5.76 Å². The molecule has 33 heavy (non-hydrogen) atoms. The maximum Gasteiger partial charge on any atom is 0.247 e. The highest BCUT2D eigenvalue weighted by molar-refractivity contribution is 7.98. The standard InChI is InChI=1S/C24H19ClN4O3S/c1-13-8-9-15(25)12-17(13)19-10-11-20(31-19)23-29(14(2)30)18-7-5-4-6-16(18)21-22(32-23)26-24(33-3)28-27-21/h4-12,23H,1-3H3/t23-/m0/s1. The van der Waals surface area contributed by atoms with E-state index in [0.29, 0.717) is 38.6 Å². The number of para-hydroxylation sites is 1. The molecule has 0 N–H and O–H groups in total. The van der Waals surface area contributed by atoms with Crippen molar-refractivity contribution < 1.29 is 13.9 Å². The van der Waals surface area contributed by atoms with Crippen LogP contribution in [-0.2, 0) is 4.79 Å². The fraction of sp³-hybridized carbons (Fsp3) is 0.167. The van der Waals surface area contributed by atoms with Crippen LogP contribution in [0.4, 0.5) is 5.69 Å².